The Bertz CT molecular complexity index is 662. The lowest BCUT2D eigenvalue weighted by molar-refractivity contribution is -0.122. The first kappa shape index (κ1) is 16.6. The number of carbonyl (C=O) groups is 1. The van der Waals surface area contributed by atoms with Gasteiger partial charge in [-0.1, -0.05) is 30.1 Å². The molecule has 0 aliphatic heterocycles. The largest absolute Gasteiger partial charge is 0.481 e. The zero-order chi connectivity index (χ0) is 16.1. The van der Waals surface area contributed by atoms with Gasteiger partial charge in [-0.15, -0.1) is 0 Å². The third-order valence-corrected chi connectivity index (χ3v) is 3.68. The van der Waals surface area contributed by atoms with Crippen LogP contribution in [0.25, 0.3) is 0 Å². The first-order valence-electron chi connectivity index (χ1n) is 6.67. The van der Waals surface area contributed by atoms with Crippen molar-refractivity contribution in [3.63, 3.8) is 0 Å². The van der Waals surface area contributed by atoms with E-state index in [1.165, 1.54) is 24.3 Å². The Morgan fingerprint density at radius 1 is 1.18 bits per heavy atom. The molecule has 0 unspecified atom stereocenters. The van der Waals surface area contributed by atoms with Gasteiger partial charge >= 0.3 is 0 Å². The van der Waals surface area contributed by atoms with E-state index in [1.807, 2.05) is 6.92 Å². The molecule has 0 radical (unpaired) electrons. The van der Waals surface area contributed by atoms with Gasteiger partial charge in [-0.2, -0.15) is 0 Å². The maximum atomic E-state index is 12.9. The van der Waals surface area contributed by atoms with E-state index in [1.54, 1.807) is 18.2 Å². The van der Waals surface area contributed by atoms with E-state index in [4.69, 9.17) is 27.9 Å². The fourth-order valence-electron chi connectivity index (χ4n) is 1.80. The summed E-state index contributed by atoms with van der Waals surface area (Å²) in [4.78, 5) is 12.2. The number of ether oxygens (including phenoxy) is 1. The van der Waals surface area contributed by atoms with Crippen LogP contribution in [0.1, 0.15) is 13.3 Å². The zero-order valence-corrected chi connectivity index (χ0v) is 13.3. The molecule has 0 aliphatic rings. The van der Waals surface area contributed by atoms with Crippen LogP contribution in [0.3, 0.4) is 0 Å². The lowest BCUT2D eigenvalue weighted by atomic mass is 10.2. The number of hydrogen-bond acceptors (Lipinski definition) is 2. The van der Waals surface area contributed by atoms with Crippen LogP contribution in [0.5, 0.6) is 5.75 Å². The molecule has 0 bridgehead atoms. The predicted molar refractivity (Wildman–Crippen MR) is 86.2 cm³/mol. The minimum atomic E-state index is -0.695. The maximum absolute atomic E-state index is 12.9. The van der Waals surface area contributed by atoms with E-state index in [0.717, 1.165) is 0 Å². The number of halogens is 3. The molecule has 0 aromatic heterocycles. The molecule has 0 spiro atoms. The second-order valence-electron chi connectivity index (χ2n) is 4.59. The molecule has 1 atom stereocenters. The lowest BCUT2D eigenvalue weighted by Crippen LogP contribution is -2.32. The van der Waals surface area contributed by atoms with Gasteiger partial charge in [0.05, 0.1) is 10.0 Å². The van der Waals surface area contributed by atoms with E-state index < -0.39 is 6.10 Å². The van der Waals surface area contributed by atoms with Crippen LogP contribution in [0.15, 0.2) is 42.5 Å². The van der Waals surface area contributed by atoms with Crippen molar-refractivity contribution >= 4 is 34.8 Å². The van der Waals surface area contributed by atoms with Gasteiger partial charge in [0, 0.05) is 5.69 Å². The Morgan fingerprint density at radius 2 is 1.86 bits per heavy atom. The molecule has 0 heterocycles. The van der Waals surface area contributed by atoms with Gasteiger partial charge in [0.25, 0.3) is 5.91 Å². The van der Waals surface area contributed by atoms with Crippen LogP contribution in [0.4, 0.5) is 10.1 Å². The topological polar surface area (TPSA) is 38.3 Å². The third-order valence-electron chi connectivity index (χ3n) is 2.94. The van der Waals surface area contributed by atoms with Gasteiger partial charge in [-0.3, -0.25) is 4.79 Å². The third kappa shape index (κ3) is 4.36. The molecule has 0 fully saturated rings. The standard InChI is InChI=1S/C16H14Cl2FNO2/c1-2-15(22-12-6-3-10(19)4-7-12)16(21)20-11-5-8-13(17)14(18)9-11/h3-9,15H,2H2,1H3,(H,20,21)/t15-/m0/s1. The summed E-state index contributed by atoms with van der Waals surface area (Å²) >= 11 is 11.7. The summed E-state index contributed by atoms with van der Waals surface area (Å²) in [6.07, 6.45) is -0.232. The Morgan fingerprint density at radius 3 is 2.45 bits per heavy atom. The zero-order valence-electron chi connectivity index (χ0n) is 11.8. The van der Waals surface area contributed by atoms with E-state index in [2.05, 4.69) is 5.32 Å². The van der Waals surface area contributed by atoms with Gasteiger partial charge in [0.1, 0.15) is 11.6 Å². The minimum absolute atomic E-state index is 0.315. The van der Waals surface area contributed by atoms with Gasteiger partial charge in [0.15, 0.2) is 6.10 Å². The number of carbonyl (C=O) groups excluding carboxylic acids is 1. The fourth-order valence-corrected chi connectivity index (χ4v) is 2.09. The number of rotatable bonds is 5. The van der Waals surface area contributed by atoms with Crippen molar-refractivity contribution in [3.05, 3.63) is 58.3 Å². The summed E-state index contributed by atoms with van der Waals surface area (Å²) in [6.45, 7) is 1.82. The van der Waals surface area contributed by atoms with E-state index in [9.17, 15) is 9.18 Å². The van der Waals surface area contributed by atoms with Crippen LogP contribution in [-0.4, -0.2) is 12.0 Å². The normalized spacial score (nSPS) is 11.8. The fraction of sp³-hybridized carbons (Fsp3) is 0.188. The second kappa shape index (κ2) is 7.47. The molecule has 1 N–H and O–H groups in total. The quantitative estimate of drug-likeness (QED) is 0.837. The highest BCUT2D eigenvalue weighted by Gasteiger charge is 2.18. The summed E-state index contributed by atoms with van der Waals surface area (Å²) in [7, 11) is 0. The number of amides is 1. The molecule has 22 heavy (non-hydrogen) atoms. The smallest absolute Gasteiger partial charge is 0.265 e. The SMILES string of the molecule is CC[C@H](Oc1ccc(F)cc1)C(=O)Nc1ccc(Cl)c(Cl)c1. The molecule has 2 aromatic carbocycles. The van der Waals surface area contributed by atoms with Gasteiger partial charge in [-0.05, 0) is 48.9 Å². The lowest BCUT2D eigenvalue weighted by Gasteiger charge is -2.17. The number of hydrogen-bond donors (Lipinski definition) is 1. The molecule has 0 aliphatic carbocycles. The molecule has 0 saturated carbocycles. The van der Waals surface area contributed by atoms with Crippen molar-refractivity contribution < 1.29 is 13.9 Å². The van der Waals surface area contributed by atoms with Crippen LogP contribution < -0.4 is 10.1 Å². The molecule has 116 valence electrons. The van der Waals surface area contributed by atoms with Crippen molar-refractivity contribution in [1.29, 1.82) is 0 Å². The summed E-state index contributed by atoms with van der Waals surface area (Å²) in [6, 6.07) is 10.3. The highest BCUT2D eigenvalue weighted by Crippen LogP contribution is 2.25. The number of nitrogens with one attached hydrogen (secondary N) is 1. The van der Waals surface area contributed by atoms with Crippen molar-refractivity contribution in [2.45, 2.75) is 19.4 Å². The summed E-state index contributed by atoms with van der Waals surface area (Å²) in [5.41, 5.74) is 0.528. The summed E-state index contributed by atoms with van der Waals surface area (Å²) in [5.74, 6) is -0.247. The average Bonchev–Trinajstić information content (AvgIpc) is 2.50. The highest BCUT2D eigenvalue weighted by atomic mass is 35.5. The Balaban J connectivity index is 2.04. The molecule has 2 rings (SSSR count). The Hall–Kier alpha value is -1.78. The van der Waals surface area contributed by atoms with Crippen molar-refractivity contribution in [2.24, 2.45) is 0 Å². The number of anilines is 1. The van der Waals surface area contributed by atoms with E-state index >= 15 is 0 Å². The molecule has 1 amide bonds. The van der Waals surface area contributed by atoms with Crippen molar-refractivity contribution in [2.75, 3.05) is 5.32 Å². The minimum Gasteiger partial charge on any atom is -0.481 e. The number of benzene rings is 2. The molecular formula is C16H14Cl2FNO2. The van der Waals surface area contributed by atoms with Crippen molar-refractivity contribution in [3.8, 4) is 5.75 Å². The van der Waals surface area contributed by atoms with Gasteiger partial charge in [0.2, 0.25) is 0 Å². The first-order valence-corrected chi connectivity index (χ1v) is 7.43. The summed E-state index contributed by atoms with van der Waals surface area (Å²) < 4.78 is 18.4. The van der Waals surface area contributed by atoms with Crippen molar-refractivity contribution in [1.82, 2.24) is 0 Å². The molecular weight excluding hydrogens is 328 g/mol. The van der Waals surface area contributed by atoms with Crippen LogP contribution in [0.2, 0.25) is 10.0 Å². The summed E-state index contributed by atoms with van der Waals surface area (Å²) in [5, 5.41) is 3.48. The van der Waals surface area contributed by atoms with Crippen LogP contribution in [-0.2, 0) is 4.79 Å². The molecule has 6 heteroatoms. The Labute approximate surface area is 138 Å². The van der Waals surface area contributed by atoms with E-state index in [-0.39, 0.29) is 11.7 Å². The van der Waals surface area contributed by atoms with Gasteiger partial charge in [-0.25, -0.2) is 4.39 Å². The average molecular weight is 342 g/mol. The highest BCUT2D eigenvalue weighted by molar-refractivity contribution is 6.42. The van der Waals surface area contributed by atoms with E-state index in [0.29, 0.717) is 27.9 Å². The first-order chi connectivity index (χ1) is 10.5. The second-order valence-corrected chi connectivity index (χ2v) is 5.40. The van der Waals surface area contributed by atoms with Gasteiger partial charge < -0.3 is 10.1 Å². The molecule has 2 aromatic rings. The monoisotopic (exact) mass is 341 g/mol. The molecule has 0 saturated heterocycles. The maximum Gasteiger partial charge on any atom is 0.265 e. The van der Waals surface area contributed by atoms with Crippen LogP contribution >= 0.6 is 23.2 Å². The predicted octanol–water partition coefficient (Wildman–Crippen LogP) is 4.93. The van der Waals surface area contributed by atoms with Crippen LogP contribution in [0, 0.1) is 5.82 Å². The Kier molecular flexibility index (Phi) is 5.63. The molecule has 3 nitrogen and oxygen atoms in total.